The number of rotatable bonds is 4. The number of carbonyl (C=O) groups excluding carboxylic acids is 3. The SMILES string of the molecule is O=C1OCC=C[C@H]2S[C@]34C=CCN(c5ccc6ccccc6c5)C(=O)C3N([C@H](CO)c3ccccc3)C(=O)[C@@H]4[C@@H]12. The summed E-state index contributed by atoms with van der Waals surface area (Å²) in [5.74, 6) is -2.47. The standard InChI is InChI=1S/C32H28N2O5S/c35-19-24(21-9-2-1-3-10-21)34-28-30(37)33(23-14-13-20-8-4-5-11-22(20)18-23)16-7-15-32(28)27(29(34)36)26-25(40-32)12-6-17-39-31(26)38/h1-15,18,24-28,35H,16-17,19H2/t24-,25-,26+,27+,28?,32+/m1/s1. The van der Waals surface area contributed by atoms with Crippen LogP contribution < -0.4 is 4.90 Å². The van der Waals surface area contributed by atoms with Crippen LogP contribution in [0.3, 0.4) is 0 Å². The Morgan fingerprint density at radius 3 is 2.52 bits per heavy atom. The lowest BCUT2D eigenvalue weighted by atomic mass is 9.78. The Morgan fingerprint density at radius 2 is 1.73 bits per heavy atom. The quantitative estimate of drug-likeness (QED) is 0.391. The van der Waals surface area contributed by atoms with E-state index in [9.17, 15) is 19.5 Å². The van der Waals surface area contributed by atoms with E-state index in [1.54, 1.807) is 9.80 Å². The summed E-state index contributed by atoms with van der Waals surface area (Å²) in [5, 5.41) is 12.4. The van der Waals surface area contributed by atoms with E-state index in [-0.39, 0.29) is 30.3 Å². The van der Waals surface area contributed by atoms with Crippen LogP contribution in [0, 0.1) is 11.8 Å². The van der Waals surface area contributed by atoms with Crippen molar-refractivity contribution in [3.63, 3.8) is 0 Å². The van der Waals surface area contributed by atoms with Crippen LogP contribution in [0.4, 0.5) is 5.69 Å². The molecule has 2 amide bonds. The van der Waals surface area contributed by atoms with Gasteiger partial charge in [-0.1, -0.05) is 85.0 Å². The van der Waals surface area contributed by atoms with Crippen molar-refractivity contribution in [2.24, 2.45) is 11.8 Å². The van der Waals surface area contributed by atoms with Crippen LogP contribution in [0.15, 0.2) is 97.1 Å². The fourth-order valence-electron chi connectivity index (χ4n) is 6.85. The maximum absolute atomic E-state index is 14.7. The van der Waals surface area contributed by atoms with Gasteiger partial charge in [-0.25, -0.2) is 0 Å². The molecule has 3 aromatic rings. The van der Waals surface area contributed by atoms with Gasteiger partial charge in [-0.05, 0) is 28.5 Å². The minimum atomic E-state index is -0.988. The zero-order chi connectivity index (χ0) is 27.4. The number of benzene rings is 3. The van der Waals surface area contributed by atoms with Gasteiger partial charge < -0.3 is 19.6 Å². The third-order valence-corrected chi connectivity index (χ3v) is 10.3. The van der Waals surface area contributed by atoms with E-state index < -0.39 is 34.6 Å². The van der Waals surface area contributed by atoms with Crippen molar-refractivity contribution in [1.82, 2.24) is 4.90 Å². The molecule has 0 aromatic heterocycles. The number of cyclic esters (lactones) is 1. The van der Waals surface area contributed by atoms with E-state index in [4.69, 9.17) is 4.74 Å². The van der Waals surface area contributed by atoms with Crippen molar-refractivity contribution in [2.75, 3.05) is 24.7 Å². The van der Waals surface area contributed by atoms with Gasteiger partial charge in [-0.15, -0.1) is 11.8 Å². The molecule has 1 N–H and O–H groups in total. The largest absolute Gasteiger partial charge is 0.461 e. The summed E-state index contributed by atoms with van der Waals surface area (Å²) in [6.07, 6.45) is 7.67. The van der Waals surface area contributed by atoms with Gasteiger partial charge in [0, 0.05) is 17.5 Å². The van der Waals surface area contributed by atoms with Crippen LogP contribution in [0.5, 0.6) is 0 Å². The van der Waals surface area contributed by atoms with Gasteiger partial charge >= 0.3 is 5.97 Å². The molecule has 2 fully saturated rings. The molecule has 7 rings (SSSR count). The highest BCUT2D eigenvalue weighted by Crippen LogP contribution is 2.62. The summed E-state index contributed by atoms with van der Waals surface area (Å²) in [6.45, 7) is 0.141. The lowest BCUT2D eigenvalue weighted by Crippen LogP contribution is -2.54. The number of ether oxygens (including phenoxy) is 1. The number of amides is 2. The zero-order valence-corrected chi connectivity index (χ0v) is 22.4. The fraction of sp³-hybridized carbons (Fsp3) is 0.281. The summed E-state index contributed by atoms with van der Waals surface area (Å²) < 4.78 is 4.48. The molecular formula is C32H28N2O5S. The van der Waals surface area contributed by atoms with Crippen molar-refractivity contribution in [1.29, 1.82) is 0 Å². The molecule has 3 aromatic carbocycles. The third kappa shape index (κ3) is 3.66. The highest BCUT2D eigenvalue weighted by Gasteiger charge is 2.72. The summed E-state index contributed by atoms with van der Waals surface area (Å²) in [6, 6.07) is 21.5. The number of nitrogens with zero attached hydrogens (tertiary/aromatic N) is 2. The summed E-state index contributed by atoms with van der Waals surface area (Å²) in [7, 11) is 0. The van der Waals surface area contributed by atoms with Crippen LogP contribution in [0.1, 0.15) is 11.6 Å². The van der Waals surface area contributed by atoms with Gasteiger partial charge in [0.1, 0.15) is 12.6 Å². The Hall–Kier alpha value is -3.88. The number of aliphatic hydroxyl groups is 1. The molecule has 2 saturated heterocycles. The van der Waals surface area contributed by atoms with Crippen molar-refractivity contribution >= 4 is 46.0 Å². The second-order valence-electron chi connectivity index (χ2n) is 10.6. The fourth-order valence-corrected chi connectivity index (χ4v) is 8.84. The number of esters is 1. The van der Waals surface area contributed by atoms with E-state index in [2.05, 4.69) is 0 Å². The Morgan fingerprint density at radius 1 is 0.950 bits per heavy atom. The van der Waals surface area contributed by atoms with Gasteiger partial charge in [-0.3, -0.25) is 14.4 Å². The number of carbonyl (C=O) groups is 3. The Labute approximate surface area is 236 Å². The van der Waals surface area contributed by atoms with Gasteiger partial charge in [0.15, 0.2) is 0 Å². The summed E-state index contributed by atoms with van der Waals surface area (Å²) in [4.78, 5) is 45.7. The van der Waals surface area contributed by atoms with E-state index in [0.717, 1.165) is 22.0 Å². The van der Waals surface area contributed by atoms with Crippen LogP contribution in [-0.4, -0.2) is 63.6 Å². The predicted octanol–water partition coefficient (Wildman–Crippen LogP) is 3.89. The van der Waals surface area contributed by atoms with Gasteiger partial charge in [0.05, 0.1) is 29.2 Å². The summed E-state index contributed by atoms with van der Waals surface area (Å²) >= 11 is 1.50. The average Bonchev–Trinajstić information content (AvgIpc) is 3.28. The second-order valence-corrected chi connectivity index (χ2v) is 12.1. The maximum atomic E-state index is 14.7. The topological polar surface area (TPSA) is 87.2 Å². The number of hydrogen-bond acceptors (Lipinski definition) is 6. The average molecular weight is 553 g/mol. The molecule has 0 saturated carbocycles. The maximum Gasteiger partial charge on any atom is 0.311 e. The first-order chi connectivity index (χ1) is 19.5. The predicted molar refractivity (Wildman–Crippen MR) is 154 cm³/mol. The first kappa shape index (κ1) is 25.1. The Bertz CT molecular complexity index is 1570. The van der Waals surface area contributed by atoms with Crippen molar-refractivity contribution in [3.05, 3.63) is 103 Å². The van der Waals surface area contributed by atoms with Gasteiger partial charge in [0.25, 0.3) is 5.91 Å². The smallest absolute Gasteiger partial charge is 0.311 e. The molecule has 0 bridgehead atoms. The molecule has 40 heavy (non-hydrogen) atoms. The minimum Gasteiger partial charge on any atom is -0.461 e. The van der Waals surface area contributed by atoms with Crippen molar-refractivity contribution in [2.45, 2.75) is 22.1 Å². The Kier molecular flexibility index (Phi) is 6.05. The number of aliphatic hydroxyl groups excluding tert-OH is 1. The highest BCUT2D eigenvalue weighted by molar-refractivity contribution is 8.02. The zero-order valence-electron chi connectivity index (χ0n) is 21.6. The van der Waals surface area contributed by atoms with Gasteiger partial charge in [-0.2, -0.15) is 0 Å². The lowest BCUT2D eigenvalue weighted by Gasteiger charge is -2.38. The number of thioether (sulfide) groups is 1. The molecule has 202 valence electrons. The molecule has 0 aliphatic carbocycles. The van der Waals surface area contributed by atoms with Crippen LogP contribution in [0.25, 0.3) is 10.8 Å². The molecule has 8 heteroatoms. The lowest BCUT2D eigenvalue weighted by molar-refractivity contribution is -0.152. The number of anilines is 1. The van der Waals surface area contributed by atoms with E-state index in [1.807, 2.05) is 97.1 Å². The van der Waals surface area contributed by atoms with Gasteiger partial charge in [0.2, 0.25) is 5.91 Å². The molecule has 4 aliphatic rings. The molecule has 4 heterocycles. The number of fused-ring (bicyclic) bond motifs is 3. The molecule has 7 nitrogen and oxygen atoms in total. The minimum absolute atomic E-state index is 0.168. The number of hydrogen-bond donors (Lipinski definition) is 1. The van der Waals surface area contributed by atoms with Crippen molar-refractivity contribution in [3.8, 4) is 0 Å². The third-order valence-electron chi connectivity index (χ3n) is 8.59. The molecule has 6 atom stereocenters. The second kappa shape index (κ2) is 9.64. The van der Waals surface area contributed by atoms with Crippen LogP contribution >= 0.6 is 11.8 Å². The monoisotopic (exact) mass is 552 g/mol. The van der Waals surface area contributed by atoms with Crippen LogP contribution in [0.2, 0.25) is 0 Å². The summed E-state index contributed by atoms with van der Waals surface area (Å²) in [5.41, 5.74) is 1.47. The molecule has 4 aliphatic heterocycles. The van der Waals surface area contributed by atoms with Crippen LogP contribution in [-0.2, 0) is 19.1 Å². The first-order valence-corrected chi connectivity index (χ1v) is 14.4. The first-order valence-electron chi connectivity index (χ1n) is 13.5. The van der Waals surface area contributed by atoms with E-state index in [1.165, 1.54) is 11.8 Å². The molecular weight excluding hydrogens is 524 g/mol. The Balaban J connectivity index is 1.39. The molecule has 0 radical (unpaired) electrons. The van der Waals surface area contributed by atoms with E-state index in [0.29, 0.717) is 6.54 Å². The van der Waals surface area contributed by atoms with E-state index >= 15 is 0 Å². The highest BCUT2D eigenvalue weighted by atomic mass is 32.2. The molecule has 1 unspecified atom stereocenters. The number of likely N-dealkylation sites (tertiary alicyclic amines) is 1. The molecule has 1 spiro atoms. The normalized spacial score (nSPS) is 30.0. The van der Waals surface area contributed by atoms with Crippen molar-refractivity contribution < 1.29 is 24.2 Å².